The summed E-state index contributed by atoms with van der Waals surface area (Å²) in [5, 5.41) is 0. The number of hydrogen-bond donors (Lipinski definition) is 1. The maximum Gasteiger partial charge on any atom is 0.417 e. The second-order valence-corrected chi connectivity index (χ2v) is 4.55. The van der Waals surface area contributed by atoms with Gasteiger partial charge in [-0.3, -0.25) is 0 Å². The van der Waals surface area contributed by atoms with Gasteiger partial charge in [0.1, 0.15) is 0 Å². The van der Waals surface area contributed by atoms with E-state index in [4.69, 9.17) is 5.73 Å². The zero-order chi connectivity index (χ0) is 13.1. The summed E-state index contributed by atoms with van der Waals surface area (Å²) in [4.78, 5) is 11.4. The number of halogens is 3. The van der Waals surface area contributed by atoms with E-state index in [1.807, 2.05) is 0 Å². The van der Waals surface area contributed by atoms with Crippen LogP contribution in [-0.2, 0) is 9.53 Å². The summed E-state index contributed by atoms with van der Waals surface area (Å²) < 4.78 is 43.4. The smallest absolute Gasteiger partial charge is 0.417 e. The summed E-state index contributed by atoms with van der Waals surface area (Å²) in [5.41, 5.74) is 2.52. The number of nitrogens with two attached hydrogens (primary N) is 1. The fourth-order valence-electron chi connectivity index (χ4n) is 2.42. The van der Waals surface area contributed by atoms with Crippen molar-refractivity contribution in [1.82, 2.24) is 0 Å². The van der Waals surface area contributed by atoms with E-state index in [-0.39, 0.29) is 0 Å². The summed E-state index contributed by atoms with van der Waals surface area (Å²) in [6.45, 7) is 0. The van der Waals surface area contributed by atoms with Gasteiger partial charge in [0, 0.05) is 0 Å². The summed E-state index contributed by atoms with van der Waals surface area (Å²) in [5.74, 6) is -2.26. The Morgan fingerprint density at radius 3 is 2.00 bits per heavy atom. The average molecular weight is 253 g/mol. The molecular weight excluding hydrogens is 235 g/mol. The maximum atomic E-state index is 13.0. The van der Waals surface area contributed by atoms with Crippen molar-refractivity contribution in [3.63, 3.8) is 0 Å². The molecule has 0 amide bonds. The first-order valence-electron chi connectivity index (χ1n) is 5.78. The highest BCUT2D eigenvalue weighted by Crippen LogP contribution is 2.41. The number of carbonyl (C=O) groups excluding carboxylic acids is 1. The summed E-state index contributed by atoms with van der Waals surface area (Å²) in [6.07, 6.45) is -0.976. The number of methoxy groups -OCH3 is 1. The first kappa shape index (κ1) is 14.3. The lowest BCUT2D eigenvalue weighted by molar-refractivity contribution is -0.216. The average Bonchev–Trinajstić information content (AvgIpc) is 2.53. The quantitative estimate of drug-likeness (QED) is 0.607. The van der Waals surface area contributed by atoms with Crippen LogP contribution in [0.15, 0.2) is 0 Å². The van der Waals surface area contributed by atoms with Crippen molar-refractivity contribution in [3.8, 4) is 0 Å². The van der Waals surface area contributed by atoms with Gasteiger partial charge in [-0.25, -0.2) is 4.79 Å². The Labute approximate surface area is 98.5 Å². The molecule has 1 aliphatic rings. The van der Waals surface area contributed by atoms with Gasteiger partial charge >= 0.3 is 12.1 Å². The van der Waals surface area contributed by atoms with Crippen molar-refractivity contribution in [3.05, 3.63) is 0 Å². The highest BCUT2D eigenvalue weighted by molar-refractivity contribution is 5.82. The predicted octanol–water partition coefficient (Wildman–Crippen LogP) is 2.39. The van der Waals surface area contributed by atoms with Gasteiger partial charge in [-0.05, 0) is 18.8 Å². The standard InChI is InChI=1S/C11H18F3NO2/c1-17-9(16)10(15,11(12,13)14)8-6-4-2-3-5-7-8/h8H,2-7,15H2,1H3. The SMILES string of the molecule is COC(=O)C(N)(C1CCCCCC1)C(F)(F)F. The second kappa shape index (κ2) is 5.25. The molecule has 0 aromatic carbocycles. The van der Waals surface area contributed by atoms with Crippen LogP contribution >= 0.6 is 0 Å². The van der Waals surface area contributed by atoms with Crippen molar-refractivity contribution in [2.75, 3.05) is 7.11 Å². The third-order valence-electron chi connectivity index (χ3n) is 3.49. The Morgan fingerprint density at radius 1 is 1.18 bits per heavy atom. The van der Waals surface area contributed by atoms with Gasteiger partial charge in [0.2, 0.25) is 5.54 Å². The first-order valence-corrected chi connectivity index (χ1v) is 5.78. The minimum Gasteiger partial charge on any atom is -0.467 e. The van der Waals surface area contributed by atoms with Crippen LogP contribution in [0.3, 0.4) is 0 Å². The Morgan fingerprint density at radius 2 is 1.65 bits per heavy atom. The molecule has 17 heavy (non-hydrogen) atoms. The summed E-state index contributed by atoms with van der Waals surface area (Å²) in [6, 6.07) is 0. The van der Waals surface area contributed by atoms with E-state index in [9.17, 15) is 18.0 Å². The van der Waals surface area contributed by atoms with Crippen molar-refractivity contribution in [2.24, 2.45) is 11.7 Å². The van der Waals surface area contributed by atoms with Gasteiger partial charge in [-0.15, -0.1) is 0 Å². The van der Waals surface area contributed by atoms with Crippen molar-refractivity contribution < 1.29 is 22.7 Å². The Kier molecular flexibility index (Phi) is 4.41. The fourth-order valence-corrected chi connectivity index (χ4v) is 2.42. The maximum absolute atomic E-state index is 13.0. The molecule has 0 aliphatic heterocycles. The molecule has 100 valence electrons. The zero-order valence-corrected chi connectivity index (χ0v) is 9.85. The van der Waals surface area contributed by atoms with E-state index in [0.717, 1.165) is 20.0 Å². The van der Waals surface area contributed by atoms with Crippen LogP contribution in [0.1, 0.15) is 38.5 Å². The zero-order valence-electron chi connectivity index (χ0n) is 9.85. The molecule has 2 N–H and O–H groups in total. The van der Waals surface area contributed by atoms with Crippen molar-refractivity contribution in [1.29, 1.82) is 0 Å². The fraction of sp³-hybridized carbons (Fsp3) is 0.909. The van der Waals surface area contributed by atoms with Crippen LogP contribution in [0.2, 0.25) is 0 Å². The molecule has 0 radical (unpaired) electrons. The van der Waals surface area contributed by atoms with Crippen LogP contribution in [0, 0.1) is 5.92 Å². The normalized spacial score (nSPS) is 22.6. The number of hydrogen-bond acceptors (Lipinski definition) is 3. The summed E-state index contributed by atoms with van der Waals surface area (Å²) in [7, 11) is 0.937. The molecule has 3 nitrogen and oxygen atoms in total. The lowest BCUT2D eigenvalue weighted by Crippen LogP contribution is -2.64. The van der Waals surface area contributed by atoms with E-state index in [2.05, 4.69) is 4.74 Å². The van der Waals surface area contributed by atoms with Gasteiger partial charge in [-0.1, -0.05) is 25.7 Å². The summed E-state index contributed by atoms with van der Waals surface area (Å²) >= 11 is 0. The first-order chi connectivity index (χ1) is 7.84. The molecular formula is C11H18F3NO2. The van der Waals surface area contributed by atoms with E-state index < -0.39 is 23.6 Å². The van der Waals surface area contributed by atoms with Crippen LogP contribution in [-0.4, -0.2) is 24.8 Å². The minimum atomic E-state index is -4.77. The Balaban J connectivity index is 3.00. The molecule has 0 bridgehead atoms. The highest BCUT2D eigenvalue weighted by Gasteiger charge is 2.62. The number of esters is 1. The van der Waals surface area contributed by atoms with Gasteiger partial charge < -0.3 is 10.5 Å². The van der Waals surface area contributed by atoms with Crippen LogP contribution < -0.4 is 5.73 Å². The van der Waals surface area contributed by atoms with E-state index in [1.165, 1.54) is 0 Å². The lowest BCUT2D eigenvalue weighted by Gasteiger charge is -2.35. The monoisotopic (exact) mass is 253 g/mol. The lowest BCUT2D eigenvalue weighted by atomic mass is 9.79. The molecule has 1 unspecified atom stereocenters. The predicted molar refractivity (Wildman–Crippen MR) is 56.2 cm³/mol. The van der Waals surface area contributed by atoms with E-state index >= 15 is 0 Å². The van der Waals surface area contributed by atoms with E-state index in [0.29, 0.717) is 25.7 Å². The minimum absolute atomic E-state index is 0.325. The molecule has 0 aromatic rings. The molecule has 1 aliphatic carbocycles. The third kappa shape index (κ3) is 2.73. The van der Waals surface area contributed by atoms with Crippen LogP contribution in [0.25, 0.3) is 0 Å². The van der Waals surface area contributed by atoms with Gasteiger partial charge in [0.05, 0.1) is 7.11 Å². The van der Waals surface area contributed by atoms with Crippen molar-refractivity contribution in [2.45, 2.75) is 50.2 Å². The number of ether oxygens (including phenoxy) is 1. The number of carbonyl (C=O) groups is 1. The molecule has 1 fully saturated rings. The number of alkyl halides is 3. The molecule has 1 rings (SSSR count). The molecule has 0 spiro atoms. The Hall–Kier alpha value is -0.780. The van der Waals surface area contributed by atoms with Crippen LogP contribution in [0.4, 0.5) is 13.2 Å². The van der Waals surface area contributed by atoms with Gasteiger partial charge in [-0.2, -0.15) is 13.2 Å². The number of rotatable bonds is 2. The molecule has 0 saturated heterocycles. The topological polar surface area (TPSA) is 52.3 Å². The highest BCUT2D eigenvalue weighted by atomic mass is 19.4. The second-order valence-electron chi connectivity index (χ2n) is 4.55. The molecule has 0 heterocycles. The van der Waals surface area contributed by atoms with Crippen LogP contribution in [0.5, 0.6) is 0 Å². The third-order valence-corrected chi connectivity index (χ3v) is 3.49. The molecule has 1 saturated carbocycles. The molecule has 0 aromatic heterocycles. The molecule has 1 atom stereocenters. The van der Waals surface area contributed by atoms with Crippen molar-refractivity contribution >= 4 is 5.97 Å². The van der Waals surface area contributed by atoms with Gasteiger partial charge in [0.25, 0.3) is 0 Å². The van der Waals surface area contributed by atoms with Gasteiger partial charge in [0.15, 0.2) is 0 Å². The van der Waals surface area contributed by atoms with E-state index in [1.54, 1.807) is 0 Å². The Bertz CT molecular complexity index is 272. The molecule has 6 heteroatoms. The largest absolute Gasteiger partial charge is 0.467 e.